The summed E-state index contributed by atoms with van der Waals surface area (Å²) in [5.41, 5.74) is 0. The predicted molar refractivity (Wildman–Crippen MR) is 66.8 cm³/mol. The number of hydrogen-bond acceptors (Lipinski definition) is 6. The van der Waals surface area contributed by atoms with Crippen molar-refractivity contribution in [3.05, 3.63) is 17.2 Å². The first kappa shape index (κ1) is 16.1. The van der Waals surface area contributed by atoms with Crippen LogP contribution in [-0.4, -0.2) is 35.2 Å². The van der Waals surface area contributed by atoms with Gasteiger partial charge >= 0.3 is 0 Å². The van der Waals surface area contributed by atoms with Crippen LogP contribution in [0, 0.1) is 0 Å². The fourth-order valence-corrected chi connectivity index (χ4v) is 3.07. The van der Waals surface area contributed by atoms with E-state index < -0.39 is 29.8 Å². The Balaban J connectivity index is 3.56. The minimum absolute atomic E-state index is 0.215. The number of nitrogens with two attached hydrogens (primary N) is 2. The molecule has 0 radical (unpaired) electrons. The summed E-state index contributed by atoms with van der Waals surface area (Å²) in [6.45, 7) is -0.591. The van der Waals surface area contributed by atoms with Crippen LogP contribution < -0.4 is 15.0 Å². The molecule has 0 aliphatic carbocycles. The molecule has 0 bridgehead atoms. The third-order valence-electron chi connectivity index (χ3n) is 1.96. The molecule has 11 heteroatoms. The number of rotatable bonds is 5. The van der Waals surface area contributed by atoms with Crippen molar-refractivity contribution < 1.29 is 26.7 Å². The fourth-order valence-electron chi connectivity index (χ4n) is 1.23. The van der Waals surface area contributed by atoms with Gasteiger partial charge in [-0.25, -0.2) is 27.1 Å². The summed E-state index contributed by atoms with van der Waals surface area (Å²) in [6, 6.07) is 1.66. The fraction of sp³-hybridized carbons (Fsp3) is 0.250. The van der Waals surface area contributed by atoms with Crippen LogP contribution >= 0.6 is 11.6 Å². The lowest BCUT2D eigenvalue weighted by Crippen LogP contribution is -2.18. The van der Waals surface area contributed by atoms with E-state index in [4.69, 9.17) is 31.7 Å². The summed E-state index contributed by atoms with van der Waals surface area (Å²) >= 11 is 5.68. The minimum Gasteiger partial charge on any atom is -0.490 e. The smallest absolute Gasteiger partial charge is 0.241 e. The molecular formula is C8H11ClN2O6S2. The topological polar surface area (TPSA) is 150 Å². The second kappa shape index (κ2) is 5.61. The van der Waals surface area contributed by atoms with E-state index in [1.54, 1.807) is 0 Å². The highest BCUT2D eigenvalue weighted by atomic mass is 35.5. The molecule has 0 spiro atoms. The second-order valence-corrected chi connectivity index (χ2v) is 6.86. The molecule has 0 heterocycles. The van der Waals surface area contributed by atoms with Gasteiger partial charge in [-0.2, -0.15) is 0 Å². The predicted octanol–water partition coefficient (Wildman–Crippen LogP) is -0.994. The Labute approximate surface area is 115 Å². The van der Waals surface area contributed by atoms with Crippen LogP contribution in [0.1, 0.15) is 0 Å². The molecule has 5 N–H and O–H groups in total. The van der Waals surface area contributed by atoms with Gasteiger partial charge in [0.15, 0.2) is 0 Å². The summed E-state index contributed by atoms with van der Waals surface area (Å²) in [7, 11) is -8.46. The van der Waals surface area contributed by atoms with Gasteiger partial charge in [-0.1, -0.05) is 11.6 Å². The molecule has 108 valence electrons. The number of aliphatic hydroxyl groups excluding tert-OH is 1. The van der Waals surface area contributed by atoms with Crippen molar-refractivity contribution in [2.45, 2.75) is 9.79 Å². The Morgan fingerprint density at radius 3 is 2.05 bits per heavy atom. The van der Waals surface area contributed by atoms with Crippen molar-refractivity contribution in [3.8, 4) is 5.75 Å². The lowest BCUT2D eigenvalue weighted by molar-refractivity contribution is 0.198. The number of primary sulfonamides is 2. The van der Waals surface area contributed by atoms with Crippen molar-refractivity contribution in [2.24, 2.45) is 10.3 Å². The Hall–Kier alpha value is -0.910. The average Bonchev–Trinajstić information content (AvgIpc) is 2.22. The molecule has 1 aromatic rings. The Morgan fingerprint density at radius 2 is 1.63 bits per heavy atom. The van der Waals surface area contributed by atoms with E-state index in [1.807, 2.05) is 0 Å². The van der Waals surface area contributed by atoms with Gasteiger partial charge in [0, 0.05) is 6.07 Å². The number of ether oxygens (including phenoxy) is 1. The average molecular weight is 331 g/mol. The lowest BCUT2D eigenvalue weighted by Gasteiger charge is -2.12. The maximum atomic E-state index is 11.4. The van der Waals surface area contributed by atoms with Crippen LogP contribution in [0.15, 0.2) is 21.9 Å². The molecule has 8 nitrogen and oxygen atoms in total. The van der Waals surface area contributed by atoms with Crippen LogP contribution in [0.25, 0.3) is 0 Å². The monoisotopic (exact) mass is 330 g/mol. The first-order valence-electron chi connectivity index (χ1n) is 4.70. The van der Waals surface area contributed by atoms with Gasteiger partial charge in [0.1, 0.15) is 22.1 Å². The lowest BCUT2D eigenvalue weighted by atomic mass is 10.3. The zero-order chi connectivity index (χ0) is 14.8. The third-order valence-corrected chi connectivity index (χ3v) is 4.27. The van der Waals surface area contributed by atoms with Gasteiger partial charge in [0.25, 0.3) is 0 Å². The molecule has 0 aromatic heterocycles. The molecule has 0 saturated carbocycles. The van der Waals surface area contributed by atoms with E-state index in [0.29, 0.717) is 6.07 Å². The van der Waals surface area contributed by atoms with E-state index in [2.05, 4.69) is 0 Å². The standard InChI is InChI=1S/C8H11ClN2O6S2/c9-5-3-6(17-2-1-12)8(19(11,15)16)4-7(5)18(10,13)14/h3-4,12H,1-2H2,(H2,10,13,14)(H2,11,15,16). The maximum absolute atomic E-state index is 11.4. The largest absolute Gasteiger partial charge is 0.490 e. The normalized spacial score (nSPS) is 12.4. The molecule has 0 aliphatic heterocycles. The summed E-state index contributed by atoms with van der Waals surface area (Å²) in [4.78, 5) is -1.18. The van der Waals surface area contributed by atoms with Gasteiger partial charge in [-0.05, 0) is 6.07 Å². The Bertz CT molecular complexity index is 685. The SMILES string of the molecule is NS(=O)(=O)c1cc(S(N)(=O)=O)c(OCCO)cc1Cl. The molecule has 0 fully saturated rings. The molecule has 1 aromatic carbocycles. The van der Waals surface area contributed by atoms with Crippen LogP contribution in [0.5, 0.6) is 5.75 Å². The van der Waals surface area contributed by atoms with E-state index in [1.165, 1.54) is 0 Å². The van der Waals surface area contributed by atoms with Crippen molar-refractivity contribution in [1.82, 2.24) is 0 Å². The molecule has 0 atom stereocenters. The zero-order valence-corrected chi connectivity index (χ0v) is 11.8. The van der Waals surface area contributed by atoms with Crippen LogP contribution in [0.2, 0.25) is 5.02 Å². The Morgan fingerprint density at radius 1 is 1.11 bits per heavy atom. The minimum atomic E-state index is -4.25. The van der Waals surface area contributed by atoms with Crippen molar-refractivity contribution in [3.63, 3.8) is 0 Å². The number of hydrogen-bond donors (Lipinski definition) is 3. The molecule has 0 aliphatic rings. The molecule has 0 saturated heterocycles. The van der Waals surface area contributed by atoms with Gasteiger partial charge < -0.3 is 9.84 Å². The quantitative estimate of drug-likeness (QED) is 0.630. The maximum Gasteiger partial charge on any atom is 0.241 e. The highest BCUT2D eigenvalue weighted by Gasteiger charge is 2.23. The van der Waals surface area contributed by atoms with Crippen molar-refractivity contribution >= 4 is 31.6 Å². The summed E-state index contributed by atoms with van der Waals surface area (Å²) < 4.78 is 50.1. The summed E-state index contributed by atoms with van der Waals surface area (Å²) in [6.07, 6.45) is 0. The summed E-state index contributed by atoms with van der Waals surface area (Å²) in [5.74, 6) is -0.269. The number of sulfonamides is 2. The first-order valence-corrected chi connectivity index (χ1v) is 8.17. The van der Waals surface area contributed by atoms with Crippen LogP contribution in [0.3, 0.4) is 0 Å². The van der Waals surface area contributed by atoms with Crippen molar-refractivity contribution in [2.75, 3.05) is 13.2 Å². The third kappa shape index (κ3) is 4.03. The number of aliphatic hydroxyl groups is 1. The highest BCUT2D eigenvalue weighted by molar-refractivity contribution is 7.90. The number of halogens is 1. The van der Waals surface area contributed by atoms with Gasteiger partial charge in [0.2, 0.25) is 20.0 Å². The Kier molecular flexibility index (Phi) is 4.76. The second-order valence-electron chi connectivity index (χ2n) is 3.39. The summed E-state index contributed by atoms with van der Waals surface area (Å²) in [5, 5.41) is 18.1. The van der Waals surface area contributed by atoms with Crippen LogP contribution in [-0.2, 0) is 20.0 Å². The molecule has 19 heavy (non-hydrogen) atoms. The van der Waals surface area contributed by atoms with Gasteiger partial charge in [0.05, 0.1) is 11.6 Å². The van der Waals surface area contributed by atoms with E-state index in [9.17, 15) is 16.8 Å². The van der Waals surface area contributed by atoms with Gasteiger partial charge in [-0.3, -0.25) is 0 Å². The van der Waals surface area contributed by atoms with Crippen LogP contribution in [0.4, 0.5) is 0 Å². The highest BCUT2D eigenvalue weighted by Crippen LogP contribution is 2.32. The van der Waals surface area contributed by atoms with E-state index >= 15 is 0 Å². The molecule has 0 unspecified atom stereocenters. The first-order chi connectivity index (χ1) is 8.57. The van der Waals surface area contributed by atoms with E-state index in [-0.39, 0.29) is 24.0 Å². The molecule has 1 rings (SSSR count). The van der Waals surface area contributed by atoms with Gasteiger partial charge in [-0.15, -0.1) is 0 Å². The van der Waals surface area contributed by atoms with E-state index in [0.717, 1.165) is 6.07 Å². The molecule has 0 amide bonds. The molecular weight excluding hydrogens is 320 g/mol. The number of benzene rings is 1. The zero-order valence-electron chi connectivity index (χ0n) is 9.41. The van der Waals surface area contributed by atoms with Crippen molar-refractivity contribution in [1.29, 1.82) is 0 Å².